The van der Waals surface area contributed by atoms with Crippen molar-refractivity contribution in [2.45, 2.75) is 37.8 Å². The van der Waals surface area contributed by atoms with Gasteiger partial charge >= 0.3 is 0 Å². The molecule has 0 bridgehead atoms. The normalized spacial score (nSPS) is 19.5. The molecule has 4 aromatic rings. The van der Waals surface area contributed by atoms with Crippen LogP contribution in [0.5, 0.6) is 0 Å². The minimum atomic E-state index is 0.0503. The summed E-state index contributed by atoms with van der Waals surface area (Å²) in [7, 11) is 0. The summed E-state index contributed by atoms with van der Waals surface area (Å²) in [5.74, 6) is 1.10. The molecule has 0 amide bonds. The fourth-order valence-corrected chi connectivity index (χ4v) is 6.68. The molecule has 9 nitrogen and oxygen atoms in total. The summed E-state index contributed by atoms with van der Waals surface area (Å²) in [4.78, 5) is 1.68. The Hall–Kier alpha value is -3.21. The average molecular weight is 607 g/mol. The van der Waals surface area contributed by atoms with E-state index < -0.39 is 0 Å². The number of hydrogen-bond donors (Lipinski definition) is 4. The van der Waals surface area contributed by atoms with Crippen LogP contribution in [0, 0.1) is 11.8 Å². The van der Waals surface area contributed by atoms with E-state index in [1.807, 2.05) is 30.6 Å². The molecule has 3 aromatic carbocycles. The lowest BCUT2D eigenvalue weighted by atomic mass is 9.85. The number of fused-ring (bicyclic) bond motifs is 1. The van der Waals surface area contributed by atoms with E-state index >= 15 is 0 Å². The lowest BCUT2D eigenvalue weighted by Crippen LogP contribution is -2.46. The van der Waals surface area contributed by atoms with E-state index in [2.05, 4.69) is 84.5 Å². The Balaban J connectivity index is 0.000000151. The highest BCUT2D eigenvalue weighted by molar-refractivity contribution is 6.42. The fraction of sp³-hybridized carbons (Fsp3) is 0.387. The summed E-state index contributed by atoms with van der Waals surface area (Å²) in [6.45, 7) is 4.24. The molecular weight excluding hydrogens is 569 g/mol. The Morgan fingerprint density at radius 3 is 1.95 bits per heavy atom. The number of nitrogens with zero attached hydrogens (tertiary/aromatic N) is 5. The third-order valence-electron chi connectivity index (χ3n) is 8.46. The molecule has 3 aliphatic heterocycles. The monoisotopic (exact) mass is 605 g/mol. The van der Waals surface area contributed by atoms with Crippen LogP contribution in [0.2, 0.25) is 10.0 Å². The third-order valence-corrected chi connectivity index (χ3v) is 9.20. The largest absolute Gasteiger partial charge is 0.317 e. The standard InChI is InChI=1S/C18H22N4.C13H15Cl2N5/c1-2-4-16-13-17(6-5-14(16)3-1)18(22-20-11-12-21-22)15-7-9-19-10-8-15;14-11-2-1-10(7-12(11)15)13(20-18-8-17-19-20)9-3-5-16-6-4-9/h1-6,11-13,15,18-21H,7-10H2;1-2,7-9,13,16H,3-6H2/t18-;13-/m10/s1. The Labute approximate surface area is 256 Å². The molecule has 4 heterocycles. The lowest BCUT2D eigenvalue weighted by molar-refractivity contribution is 0.0643. The lowest BCUT2D eigenvalue weighted by Gasteiger charge is -2.36. The van der Waals surface area contributed by atoms with Gasteiger partial charge in [0.25, 0.3) is 0 Å². The first-order valence-electron chi connectivity index (χ1n) is 14.7. The molecule has 220 valence electrons. The summed E-state index contributed by atoms with van der Waals surface area (Å²) in [6.07, 6.45) is 9.93. The average Bonchev–Trinajstić information content (AvgIpc) is 3.77. The number of halogens is 2. The summed E-state index contributed by atoms with van der Waals surface area (Å²) >= 11 is 12.2. The Kier molecular flexibility index (Phi) is 9.52. The Bertz CT molecular complexity index is 1460. The van der Waals surface area contributed by atoms with Crippen molar-refractivity contribution >= 4 is 34.0 Å². The fourth-order valence-electron chi connectivity index (χ4n) is 6.37. The molecule has 11 heteroatoms. The van der Waals surface area contributed by atoms with Crippen molar-refractivity contribution in [2.75, 3.05) is 26.2 Å². The van der Waals surface area contributed by atoms with E-state index in [9.17, 15) is 0 Å². The van der Waals surface area contributed by atoms with Gasteiger partial charge < -0.3 is 21.5 Å². The van der Waals surface area contributed by atoms with Gasteiger partial charge in [-0.25, -0.2) is 0 Å². The van der Waals surface area contributed by atoms with E-state index in [1.165, 1.54) is 35.5 Å². The van der Waals surface area contributed by atoms with Crippen LogP contribution in [0.25, 0.3) is 10.8 Å². The first kappa shape index (κ1) is 28.9. The Morgan fingerprint density at radius 1 is 0.690 bits per heavy atom. The van der Waals surface area contributed by atoms with Gasteiger partial charge in [-0.15, -0.1) is 15.3 Å². The van der Waals surface area contributed by atoms with Crippen LogP contribution in [0.3, 0.4) is 0 Å². The second-order valence-corrected chi connectivity index (χ2v) is 11.9. The molecule has 0 spiro atoms. The van der Waals surface area contributed by atoms with Crippen molar-refractivity contribution in [2.24, 2.45) is 11.8 Å². The summed E-state index contributed by atoms with van der Waals surface area (Å²) < 4.78 is 0. The number of piperidine rings is 2. The zero-order valence-corrected chi connectivity index (χ0v) is 25.0. The van der Waals surface area contributed by atoms with Crippen LogP contribution >= 0.6 is 23.2 Å². The SMILES string of the molecule is C1=CNN([C@@H](c2ccc3ccccc3c2)C2CCNCC2)N1.Clc1ccc([C@H](C2CCNCC2)n2ncnn2)cc1Cl. The van der Waals surface area contributed by atoms with Crippen LogP contribution < -0.4 is 21.5 Å². The molecule has 0 radical (unpaired) electrons. The number of rotatable bonds is 6. The van der Waals surface area contributed by atoms with Crippen LogP contribution in [0.1, 0.15) is 48.9 Å². The molecule has 2 atom stereocenters. The van der Waals surface area contributed by atoms with Crippen LogP contribution in [0.15, 0.2) is 79.4 Å². The molecule has 3 aliphatic rings. The molecule has 1 aromatic heterocycles. The molecule has 0 unspecified atom stereocenters. The smallest absolute Gasteiger partial charge is 0.162 e. The van der Waals surface area contributed by atoms with Gasteiger partial charge in [-0.1, -0.05) is 65.7 Å². The molecule has 7 rings (SSSR count). The highest BCUT2D eigenvalue weighted by Crippen LogP contribution is 2.35. The van der Waals surface area contributed by atoms with Gasteiger partial charge in [0.15, 0.2) is 6.33 Å². The van der Waals surface area contributed by atoms with E-state index in [1.54, 1.807) is 4.80 Å². The summed E-state index contributed by atoms with van der Waals surface area (Å²) in [5.41, 5.74) is 9.09. The molecule has 0 saturated carbocycles. The topological polar surface area (TPSA) is 95.0 Å². The van der Waals surface area contributed by atoms with Gasteiger partial charge in [0.1, 0.15) is 6.04 Å². The first-order chi connectivity index (χ1) is 20.7. The maximum absolute atomic E-state index is 6.15. The maximum Gasteiger partial charge on any atom is 0.162 e. The van der Waals surface area contributed by atoms with E-state index in [-0.39, 0.29) is 6.04 Å². The van der Waals surface area contributed by atoms with E-state index in [0.717, 1.165) is 44.6 Å². The predicted molar refractivity (Wildman–Crippen MR) is 168 cm³/mol. The van der Waals surface area contributed by atoms with Crippen molar-refractivity contribution in [1.29, 1.82) is 0 Å². The molecule has 4 N–H and O–H groups in total. The van der Waals surface area contributed by atoms with E-state index in [0.29, 0.717) is 27.9 Å². The van der Waals surface area contributed by atoms with Crippen molar-refractivity contribution in [3.63, 3.8) is 0 Å². The van der Waals surface area contributed by atoms with Crippen LogP contribution in [-0.2, 0) is 0 Å². The minimum Gasteiger partial charge on any atom is -0.317 e. The minimum absolute atomic E-state index is 0.0503. The molecule has 0 aliphatic carbocycles. The zero-order valence-electron chi connectivity index (χ0n) is 23.5. The quantitative estimate of drug-likeness (QED) is 0.237. The van der Waals surface area contributed by atoms with Gasteiger partial charge in [0, 0.05) is 12.4 Å². The van der Waals surface area contributed by atoms with Gasteiger partial charge in [-0.2, -0.15) is 4.80 Å². The van der Waals surface area contributed by atoms with Gasteiger partial charge in [-0.05, 0) is 109 Å². The molecular formula is C31H37Cl2N9. The van der Waals surface area contributed by atoms with E-state index in [4.69, 9.17) is 23.2 Å². The highest BCUT2D eigenvalue weighted by atomic mass is 35.5. The number of hydrogen-bond acceptors (Lipinski definition) is 8. The van der Waals surface area contributed by atoms with Gasteiger partial charge in [-0.3, -0.25) is 0 Å². The summed E-state index contributed by atoms with van der Waals surface area (Å²) in [5, 5.41) is 24.8. The highest BCUT2D eigenvalue weighted by Gasteiger charge is 2.31. The molecule has 2 saturated heterocycles. The third kappa shape index (κ3) is 6.71. The predicted octanol–water partition coefficient (Wildman–Crippen LogP) is 5.25. The number of aromatic nitrogens is 4. The Morgan fingerprint density at radius 2 is 1.31 bits per heavy atom. The van der Waals surface area contributed by atoms with Gasteiger partial charge in [0.05, 0.1) is 16.1 Å². The zero-order chi connectivity index (χ0) is 28.7. The van der Waals surface area contributed by atoms with Crippen LogP contribution in [0.4, 0.5) is 0 Å². The molecule has 2 fully saturated rings. The maximum atomic E-state index is 6.15. The van der Waals surface area contributed by atoms with Crippen molar-refractivity contribution in [1.82, 2.24) is 46.8 Å². The number of tetrazole rings is 1. The second-order valence-electron chi connectivity index (χ2n) is 11.1. The van der Waals surface area contributed by atoms with Crippen molar-refractivity contribution < 1.29 is 0 Å². The number of hydrazine groups is 2. The first-order valence-corrected chi connectivity index (χ1v) is 15.5. The van der Waals surface area contributed by atoms with Gasteiger partial charge in [0.2, 0.25) is 0 Å². The summed E-state index contributed by atoms with van der Waals surface area (Å²) in [6, 6.07) is 21.5. The van der Waals surface area contributed by atoms with Crippen molar-refractivity contribution in [3.05, 3.63) is 101 Å². The van der Waals surface area contributed by atoms with Crippen molar-refractivity contribution in [3.8, 4) is 0 Å². The molecule has 42 heavy (non-hydrogen) atoms. The van der Waals surface area contributed by atoms with Crippen LogP contribution in [-0.4, -0.2) is 51.5 Å². The number of benzene rings is 3. The number of nitrogens with one attached hydrogen (secondary N) is 4. The second kappa shape index (κ2) is 13.8.